The van der Waals surface area contributed by atoms with Gasteiger partial charge in [-0.25, -0.2) is 8.78 Å². The molecule has 0 heterocycles. The molecule has 0 aliphatic carbocycles. The van der Waals surface area contributed by atoms with Crippen LogP contribution in [-0.2, 0) is 0 Å². The van der Waals surface area contributed by atoms with E-state index >= 15 is 0 Å². The fourth-order valence-electron chi connectivity index (χ4n) is 0.692. The van der Waals surface area contributed by atoms with Crippen molar-refractivity contribution < 1.29 is 8.78 Å². The average molecular weight is 190 g/mol. The van der Waals surface area contributed by atoms with E-state index in [0.29, 0.717) is 5.56 Å². The fourth-order valence-corrected chi connectivity index (χ4v) is 0.821. The van der Waals surface area contributed by atoms with E-state index in [-0.39, 0.29) is 4.90 Å². The topological polar surface area (TPSA) is 0 Å². The zero-order chi connectivity index (χ0) is 9.72. The highest BCUT2D eigenvalue weighted by molar-refractivity contribution is 7.80. The molecule has 0 nitrogen and oxygen atoms in total. The molecule has 0 saturated heterocycles. The molecule has 0 fully saturated rings. The predicted molar refractivity (Wildman–Crippen MR) is 49.7 cm³/mol. The molecule has 0 unspecified atom stereocenters. The standard InChI is InChI=1S/C7H6F2S.C2H6/c1-4-2-5(8)7(10)6(9)3-4;1-2/h2-3,10H,1H3;1-2H3. The van der Waals surface area contributed by atoms with Gasteiger partial charge in [0.15, 0.2) is 0 Å². The molecule has 0 radical (unpaired) electrons. The predicted octanol–water partition coefficient (Wildman–Crippen LogP) is 3.59. The van der Waals surface area contributed by atoms with Gasteiger partial charge in [-0.2, -0.15) is 0 Å². The normalized spacial score (nSPS) is 8.83. The number of rotatable bonds is 0. The highest BCUT2D eigenvalue weighted by Gasteiger charge is 2.04. The van der Waals surface area contributed by atoms with Crippen molar-refractivity contribution >= 4 is 12.6 Å². The van der Waals surface area contributed by atoms with E-state index in [9.17, 15) is 8.78 Å². The molecule has 0 N–H and O–H groups in total. The first kappa shape index (κ1) is 11.4. The van der Waals surface area contributed by atoms with Crippen molar-refractivity contribution in [3.8, 4) is 0 Å². The highest BCUT2D eigenvalue weighted by atomic mass is 32.1. The van der Waals surface area contributed by atoms with Crippen molar-refractivity contribution in [2.24, 2.45) is 0 Å². The van der Waals surface area contributed by atoms with Gasteiger partial charge in [0.2, 0.25) is 0 Å². The van der Waals surface area contributed by atoms with Crippen LogP contribution in [0, 0.1) is 18.6 Å². The van der Waals surface area contributed by atoms with Crippen LogP contribution in [0.1, 0.15) is 19.4 Å². The number of thiol groups is 1. The van der Waals surface area contributed by atoms with Gasteiger partial charge in [0.1, 0.15) is 11.6 Å². The molecular formula is C9H12F2S. The largest absolute Gasteiger partial charge is 0.206 e. The second-order valence-corrected chi connectivity index (χ2v) is 2.52. The number of aryl methyl sites for hydroxylation is 1. The van der Waals surface area contributed by atoms with Gasteiger partial charge < -0.3 is 0 Å². The molecule has 0 amide bonds. The van der Waals surface area contributed by atoms with Crippen LogP contribution in [-0.4, -0.2) is 0 Å². The second-order valence-electron chi connectivity index (χ2n) is 2.08. The van der Waals surface area contributed by atoms with Crippen LogP contribution in [0.15, 0.2) is 17.0 Å². The van der Waals surface area contributed by atoms with Crippen LogP contribution in [0.5, 0.6) is 0 Å². The molecule has 0 aliphatic heterocycles. The lowest BCUT2D eigenvalue weighted by Crippen LogP contribution is -1.85. The van der Waals surface area contributed by atoms with Crippen molar-refractivity contribution in [2.75, 3.05) is 0 Å². The number of hydrogen-bond donors (Lipinski definition) is 1. The van der Waals surface area contributed by atoms with Crippen molar-refractivity contribution in [3.05, 3.63) is 29.3 Å². The Labute approximate surface area is 77.0 Å². The third-order valence-electron chi connectivity index (χ3n) is 1.16. The van der Waals surface area contributed by atoms with Crippen LogP contribution in [0.4, 0.5) is 8.78 Å². The van der Waals surface area contributed by atoms with E-state index in [1.54, 1.807) is 6.92 Å². The minimum atomic E-state index is -0.610. The van der Waals surface area contributed by atoms with Gasteiger partial charge in [-0.15, -0.1) is 12.6 Å². The van der Waals surface area contributed by atoms with Crippen molar-refractivity contribution in [1.82, 2.24) is 0 Å². The molecular weight excluding hydrogens is 178 g/mol. The van der Waals surface area contributed by atoms with E-state index in [4.69, 9.17) is 0 Å². The van der Waals surface area contributed by atoms with E-state index in [0.717, 1.165) is 0 Å². The van der Waals surface area contributed by atoms with Crippen molar-refractivity contribution in [1.29, 1.82) is 0 Å². The average Bonchev–Trinajstić information content (AvgIpc) is 2.04. The minimum Gasteiger partial charge on any atom is -0.206 e. The van der Waals surface area contributed by atoms with Gasteiger partial charge in [0.25, 0.3) is 0 Å². The summed E-state index contributed by atoms with van der Waals surface area (Å²) in [6.07, 6.45) is 0. The van der Waals surface area contributed by atoms with Crippen LogP contribution in [0.3, 0.4) is 0 Å². The van der Waals surface area contributed by atoms with Crippen LogP contribution < -0.4 is 0 Å². The van der Waals surface area contributed by atoms with Gasteiger partial charge in [-0.05, 0) is 24.6 Å². The summed E-state index contributed by atoms with van der Waals surface area (Å²) in [5.74, 6) is -1.22. The third-order valence-corrected chi connectivity index (χ3v) is 1.59. The first-order valence-electron chi connectivity index (χ1n) is 3.76. The Morgan fingerprint density at radius 1 is 1.08 bits per heavy atom. The molecule has 0 saturated carbocycles. The Bertz CT molecular complexity index is 236. The number of hydrogen-bond acceptors (Lipinski definition) is 1. The quantitative estimate of drug-likeness (QED) is 0.594. The Morgan fingerprint density at radius 2 is 1.42 bits per heavy atom. The number of benzene rings is 1. The first-order chi connectivity index (χ1) is 5.61. The molecule has 0 atom stereocenters. The molecule has 12 heavy (non-hydrogen) atoms. The molecule has 3 heteroatoms. The van der Waals surface area contributed by atoms with Gasteiger partial charge in [-0.1, -0.05) is 13.8 Å². The lowest BCUT2D eigenvalue weighted by atomic mass is 10.2. The molecule has 68 valence electrons. The van der Waals surface area contributed by atoms with E-state index in [1.807, 2.05) is 13.8 Å². The smallest absolute Gasteiger partial charge is 0.139 e. The molecule has 1 rings (SSSR count). The summed E-state index contributed by atoms with van der Waals surface area (Å²) < 4.78 is 25.0. The van der Waals surface area contributed by atoms with Crippen LogP contribution in [0.2, 0.25) is 0 Å². The summed E-state index contributed by atoms with van der Waals surface area (Å²) in [6.45, 7) is 5.62. The lowest BCUT2D eigenvalue weighted by molar-refractivity contribution is 0.540. The van der Waals surface area contributed by atoms with Crippen molar-refractivity contribution in [3.63, 3.8) is 0 Å². The fraction of sp³-hybridized carbons (Fsp3) is 0.333. The van der Waals surface area contributed by atoms with Crippen LogP contribution in [0.25, 0.3) is 0 Å². The third kappa shape index (κ3) is 2.81. The van der Waals surface area contributed by atoms with E-state index in [2.05, 4.69) is 12.6 Å². The first-order valence-corrected chi connectivity index (χ1v) is 4.20. The minimum absolute atomic E-state index is 0.217. The maximum absolute atomic E-state index is 12.5. The summed E-state index contributed by atoms with van der Waals surface area (Å²) in [7, 11) is 0. The van der Waals surface area contributed by atoms with Crippen LogP contribution >= 0.6 is 12.6 Å². The zero-order valence-corrected chi connectivity index (χ0v) is 8.25. The summed E-state index contributed by atoms with van der Waals surface area (Å²) in [5, 5.41) is 0. The molecule has 0 spiro atoms. The van der Waals surface area contributed by atoms with E-state index in [1.165, 1.54) is 12.1 Å². The summed E-state index contributed by atoms with van der Waals surface area (Å²) >= 11 is 3.61. The molecule has 1 aromatic carbocycles. The maximum atomic E-state index is 12.5. The Morgan fingerprint density at radius 3 is 1.75 bits per heavy atom. The van der Waals surface area contributed by atoms with Gasteiger partial charge >= 0.3 is 0 Å². The van der Waals surface area contributed by atoms with Gasteiger partial charge in [0, 0.05) is 0 Å². The molecule has 0 aromatic heterocycles. The summed E-state index contributed by atoms with van der Waals surface area (Å²) in [5.41, 5.74) is 0.563. The summed E-state index contributed by atoms with van der Waals surface area (Å²) in [6, 6.07) is 2.48. The van der Waals surface area contributed by atoms with Gasteiger partial charge in [0.05, 0.1) is 4.90 Å². The summed E-state index contributed by atoms with van der Waals surface area (Å²) in [4.78, 5) is -0.217. The maximum Gasteiger partial charge on any atom is 0.139 e. The lowest BCUT2D eigenvalue weighted by Gasteiger charge is -1.97. The monoisotopic (exact) mass is 190 g/mol. The zero-order valence-electron chi connectivity index (χ0n) is 7.36. The molecule has 0 bridgehead atoms. The van der Waals surface area contributed by atoms with E-state index < -0.39 is 11.6 Å². The Hall–Kier alpha value is -0.570. The second kappa shape index (κ2) is 5.14. The SMILES string of the molecule is CC.Cc1cc(F)c(S)c(F)c1. The molecule has 0 aliphatic rings. The van der Waals surface area contributed by atoms with Crippen molar-refractivity contribution in [2.45, 2.75) is 25.7 Å². The molecule has 1 aromatic rings. The van der Waals surface area contributed by atoms with Gasteiger partial charge in [-0.3, -0.25) is 0 Å². The Kier molecular flexibility index (Phi) is 4.90. The Balaban J connectivity index is 0.000000561. The number of halogens is 2. The highest BCUT2D eigenvalue weighted by Crippen LogP contribution is 2.17.